The molecule has 0 radical (unpaired) electrons. The number of likely N-dealkylation sites (N-methyl/N-ethyl adjacent to an activating group) is 1. The van der Waals surface area contributed by atoms with Crippen LogP contribution in [0.15, 0.2) is 65.8 Å². The van der Waals surface area contributed by atoms with Gasteiger partial charge in [0.2, 0.25) is 0 Å². The molecule has 3 rings (SSSR count). The number of allylic oxidation sites excluding steroid dienone is 6. The molecule has 0 aromatic heterocycles. The first-order valence-electron chi connectivity index (χ1n) is 9.25. The lowest BCUT2D eigenvalue weighted by atomic mass is 9.86. The smallest absolute Gasteiger partial charge is 0.0289 e. The Morgan fingerprint density at radius 3 is 2.67 bits per heavy atom. The summed E-state index contributed by atoms with van der Waals surface area (Å²) in [7, 11) is 0. The first kappa shape index (κ1) is 17.0. The number of rotatable bonds is 2. The van der Waals surface area contributed by atoms with Crippen molar-refractivity contribution in [1.82, 2.24) is 4.90 Å². The third-order valence-electron chi connectivity index (χ3n) is 5.65. The van der Waals surface area contributed by atoms with Gasteiger partial charge in [0.15, 0.2) is 0 Å². The van der Waals surface area contributed by atoms with Crippen LogP contribution in [0.5, 0.6) is 0 Å². The van der Waals surface area contributed by atoms with Crippen LogP contribution in [0.1, 0.15) is 44.7 Å². The van der Waals surface area contributed by atoms with Gasteiger partial charge >= 0.3 is 0 Å². The zero-order chi connectivity index (χ0) is 17.1. The summed E-state index contributed by atoms with van der Waals surface area (Å²) in [5.41, 5.74) is 8.82. The van der Waals surface area contributed by atoms with Crippen molar-refractivity contribution in [2.45, 2.75) is 46.1 Å². The van der Waals surface area contributed by atoms with E-state index >= 15 is 0 Å². The van der Waals surface area contributed by atoms with Gasteiger partial charge in [-0.3, -0.25) is 4.90 Å². The Hall–Kier alpha value is -1.86. The molecule has 126 valence electrons. The van der Waals surface area contributed by atoms with Gasteiger partial charge in [0.1, 0.15) is 0 Å². The molecule has 0 amide bonds. The summed E-state index contributed by atoms with van der Waals surface area (Å²) in [6.45, 7) is 13.1. The summed E-state index contributed by atoms with van der Waals surface area (Å²) in [6.07, 6.45) is 9.86. The quantitative estimate of drug-likeness (QED) is 0.645. The summed E-state index contributed by atoms with van der Waals surface area (Å²) < 4.78 is 0. The summed E-state index contributed by atoms with van der Waals surface area (Å²) in [4.78, 5) is 2.58. The van der Waals surface area contributed by atoms with Gasteiger partial charge in [-0.2, -0.15) is 0 Å². The van der Waals surface area contributed by atoms with Crippen molar-refractivity contribution in [3.05, 3.63) is 76.9 Å². The Morgan fingerprint density at radius 2 is 2.00 bits per heavy atom. The van der Waals surface area contributed by atoms with Crippen LogP contribution in [0, 0.1) is 0 Å². The number of nitrogens with zero attached hydrogens (tertiary/aromatic N) is 1. The summed E-state index contributed by atoms with van der Waals surface area (Å²) in [6, 6.07) is 9.49. The molecule has 1 aliphatic carbocycles. The van der Waals surface area contributed by atoms with Crippen molar-refractivity contribution in [2.24, 2.45) is 0 Å². The van der Waals surface area contributed by atoms with Gasteiger partial charge in [-0.15, -0.1) is 0 Å². The fourth-order valence-electron chi connectivity index (χ4n) is 4.30. The Bertz CT molecular complexity index is 717. The van der Waals surface area contributed by atoms with Crippen molar-refractivity contribution in [3.8, 4) is 0 Å². The van der Waals surface area contributed by atoms with Crippen molar-refractivity contribution in [3.63, 3.8) is 0 Å². The highest BCUT2D eigenvalue weighted by Gasteiger charge is 2.30. The van der Waals surface area contributed by atoms with Crippen LogP contribution in [0.3, 0.4) is 0 Å². The molecule has 0 N–H and O–H groups in total. The number of fused-ring (bicyclic) bond motifs is 1. The van der Waals surface area contributed by atoms with Gasteiger partial charge in [0.25, 0.3) is 0 Å². The highest BCUT2D eigenvalue weighted by atomic mass is 15.2. The molecule has 0 saturated carbocycles. The van der Waals surface area contributed by atoms with Crippen LogP contribution in [0.4, 0.5) is 0 Å². The molecule has 0 spiro atoms. The Kier molecular flexibility index (Phi) is 5.20. The maximum atomic E-state index is 3.98. The van der Waals surface area contributed by atoms with Gasteiger partial charge in [0, 0.05) is 12.6 Å². The Balaban J connectivity index is 2.27. The molecular weight excluding hydrogens is 290 g/mol. The van der Waals surface area contributed by atoms with E-state index < -0.39 is 0 Å². The van der Waals surface area contributed by atoms with Gasteiger partial charge in [-0.05, 0) is 73.1 Å². The zero-order valence-corrected chi connectivity index (χ0v) is 15.3. The van der Waals surface area contributed by atoms with E-state index in [1.54, 1.807) is 5.57 Å². The molecular formula is C23H29N. The number of aryl methyl sites for hydroxylation is 1. The molecule has 1 aromatic carbocycles. The van der Waals surface area contributed by atoms with Crippen molar-refractivity contribution in [1.29, 1.82) is 0 Å². The van der Waals surface area contributed by atoms with Gasteiger partial charge in [-0.1, -0.05) is 56.0 Å². The van der Waals surface area contributed by atoms with Crippen molar-refractivity contribution in [2.75, 3.05) is 13.1 Å². The van der Waals surface area contributed by atoms with Crippen LogP contribution in [0.2, 0.25) is 0 Å². The molecule has 1 aliphatic heterocycles. The number of hydrogen-bond donors (Lipinski definition) is 0. The Morgan fingerprint density at radius 1 is 1.21 bits per heavy atom. The van der Waals surface area contributed by atoms with Crippen LogP contribution in [-0.2, 0) is 6.42 Å². The topological polar surface area (TPSA) is 3.24 Å². The van der Waals surface area contributed by atoms with E-state index in [9.17, 15) is 0 Å². The number of likely N-dealkylation sites (tertiary alicyclic amines) is 1. The van der Waals surface area contributed by atoms with Crippen molar-refractivity contribution < 1.29 is 0 Å². The van der Waals surface area contributed by atoms with Gasteiger partial charge in [0.05, 0.1) is 0 Å². The molecule has 1 unspecified atom stereocenters. The number of benzene rings is 1. The minimum Gasteiger partial charge on any atom is -0.297 e. The van der Waals surface area contributed by atoms with E-state index in [2.05, 4.69) is 68.7 Å². The fraction of sp³-hybridized carbons (Fsp3) is 0.391. The second-order valence-corrected chi connectivity index (χ2v) is 6.74. The van der Waals surface area contributed by atoms with E-state index in [0.29, 0.717) is 6.04 Å². The molecule has 1 heterocycles. The molecule has 1 heteroatoms. The molecule has 0 bridgehead atoms. The van der Waals surface area contributed by atoms with E-state index in [0.717, 1.165) is 19.4 Å². The normalized spacial score (nSPS) is 28.2. The predicted octanol–water partition coefficient (Wildman–Crippen LogP) is 5.56. The third kappa shape index (κ3) is 2.93. The van der Waals surface area contributed by atoms with Crippen LogP contribution in [0.25, 0.3) is 5.57 Å². The first-order chi connectivity index (χ1) is 11.7. The highest BCUT2D eigenvalue weighted by Crippen LogP contribution is 2.42. The molecule has 1 fully saturated rings. The predicted molar refractivity (Wildman–Crippen MR) is 105 cm³/mol. The van der Waals surface area contributed by atoms with E-state index in [1.807, 2.05) is 6.08 Å². The summed E-state index contributed by atoms with van der Waals surface area (Å²) in [5.74, 6) is 0. The van der Waals surface area contributed by atoms with Gasteiger partial charge in [-0.25, -0.2) is 0 Å². The van der Waals surface area contributed by atoms with Crippen LogP contribution < -0.4 is 0 Å². The monoisotopic (exact) mass is 319 g/mol. The number of hydrogen-bond acceptors (Lipinski definition) is 1. The second kappa shape index (κ2) is 7.36. The molecule has 24 heavy (non-hydrogen) atoms. The molecule has 2 aliphatic rings. The molecule has 1 nitrogen and oxygen atoms in total. The second-order valence-electron chi connectivity index (χ2n) is 6.74. The van der Waals surface area contributed by atoms with Crippen molar-refractivity contribution >= 4 is 5.57 Å². The largest absolute Gasteiger partial charge is 0.297 e. The fourth-order valence-corrected chi connectivity index (χ4v) is 4.30. The van der Waals surface area contributed by atoms with Gasteiger partial charge < -0.3 is 0 Å². The average Bonchev–Trinajstić information content (AvgIpc) is 2.89. The maximum absolute atomic E-state index is 3.98. The minimum absolute atomic E-state index is 0.516. The van der Waals surface area contributed by atoms with E-state index in [1.165, 1.54) is 40.8 Å². The zero-order valence-electron chi connectivity index (χ0n) is 15.3. The molecule has 1 atom stereocenters. The van der Waals surface area contributed by atoms with E-state index in [-0.39, 0.29) is 0 Å². The Labute approximate surface area is 147 Å². The lowest BCUT2D eigenvalue weighted by Gasteiger charge is -2.23. The molecule has 1 saturated heterocycles. The highest BCUT2D eigenvalue weighted by molar-refractivity contribution is 5.89. The average molecular weight is 319 g/mol. The standard InChI is InChI=1S/C23H29N/c1-5-10-21-18(6-2)13-14-19-11-8-9-12-22(19)23(21)20-15-16-24(7-3)17(20)4/h5-6,8-12,17H,1,7,13-16H2,2-4H3/b18-6?,21-10+,23-20+. The lowest BCUT2D eigenvalue weighted by molar-refractivity contribution is 0.298. The summed E-state index contributed by atoms with van der Waals surface area (Å²) >= 11 is 0. The minimum atomic E-state index is 0.516. The first-order valence-corrected chi connectivity index (χ1v) is 9.25. The lowest BCUT2D eigenvalue weighted by Crippen LogP contribution is -2.27. The maximum Gasteiger partial charge on any atom is 0.0289 e. The van der Waals surface area contributed by atoms with Crippen LogP contribution >= 0.6 is 0 Å². The van der Waals surface area contributed by atoms with Crippen LogP contribution in [-0.4, -0.2) is 24.0 Å². The summed E-state index contributed by atoms with van der Waals surface area (Å²) in [5, 5.41) is 0. The SMILES string of the molecule is C=C/C=C1\C(=CC)CCc2ccccc2\C1=C1/CCN(CC)C1C. The third-order valence-corrected chi connectivity index (χ3v) is 5.65. The van der Waals surface area contributed by atoms with E-state index in [4.69, 9.17) is 0 Å². The molecule has 1 aromatic rings.